The maximum Gasteiger partial charge on any atom is 0.302 e. The molecule has 2 nitrogen and oxygen atoms in total. The summed E-state index contributed by atoms with van der Waals surface area (Å²) in [4.78, 5) is 10.4. The second-order valence-corrected chi connectivity index (χ2v) is 2.95. The zero-order chi connectivity index (χ0) is 8.10. The average Bonchev–Trinajstić information content (AvgIpc) is 2.03. The van der Waals surface area contributed by atoms with Gasteiger partial charge in [0.05, 0.1) is 6.61 Å². The highest BCUT2D eigenvalue weighted by atomic mass is 16.5. The van der Waals surface area contributed by atoms with Gasteiger partial charge in [0.1, 0.15) is 0 Å². The van der Waals surface area contributed by atoms with E-state index < -0.39 is 0 Å². The minimum Gasteiger partial charge on any atom is -0.466 e. The van der Waals surface area contributed by atoms with Gasteiger partial charge in [-0.1, -0.05) is 19.6 Å². The van der Waals surface area contributed by atoms with E-state index >= 15 is 0 Å². The predicted molar refractivity (Wildman–Crippen MR) is 49.8 cm³/mol. The van der Waals surface area contributed by atoms with Crippen LogP contribution in [0.1, 0.15) is 33.6 Å². The third-order valence-corrected chi connectivity index (χ3v) is 1.90. The molecule has 1 unspecified atom stereocenters. The molecular formula is C10H18O2. The van der Waals surface area contributed by atoms with Gasteiger partial charge in [0.15, 0.2) is 0 Å². The highest BCUT2D eigenvalue weighted by Crippen LogP contribution is 2.17. The highest BCUT2D eigenvalue weighted by Gasteiger charge is 2.10. The molecule has 1 aliphatic rings. The molecule has 1 rings (SSSR count). The van der Waals surface area contributed by atoms with Crippen LogP contribution in [0.2, 0.25) is 0 Å². The van der Waals surface area contributed by atoms with Crippen LogP contribution in [0.15, 0.2) is 12.2 Å². The van der Waals surface area contributed by atoms with Crippen LogP contribution < -0.4 is 0 Å². The fourth-order valence-corrected chi connectivity index (χ4v) is 1.24. The van der Waals surface area contributed by atoms with Gasteiger partial charge in [-0.05, 0) is 25.2 Å². The first-order valence-corrected chi connectivity index (χ1v) is 4.07. The summed E-state index contributed by atoms with van der Waals surface area (Å²) in [6.07, 6.45) is 7.70. The Morgan fingerprint density at radius 2 is 2.33 bits per heavy atom. The number of hydrogen-bond acceptors (Lipinski definition) is 2. The van der Waals surface area contributed by atoms with Crippen LogP contribution in [0.3, 0.4) is 0 Å². The lowest BCUT2D eigenvalue weighted by atomic mass is 9.95. The molecule has 12 heavy (non-hydrogen) atoms. The molecule has 0 N–H and O–H groups in total. The van der Waals surface area contributed by atoms with Gasteiger partial charge in [-0.15, -0.1) is 0 Å². The van der Waals surface area contributed by atoms with Crippen LogP contribution in [0, 0.1) is 5.92 Å². The number of carbonyl (C=O) groups is 1. The number of allylic oxidation sites excluding steroid dienone is 2. The molecule has 0 aromatic rings. The Kier molecular flexibility index (Phi) is 5.43. The summed E-state index contributed by atoms with van der Waals surface area (Å²) in [5.41, 5.74) is 0. The van der Waals surface area contributed by atoms with Crippen molar-refractivity contribution in [3.8, 4) is 0 Å². The molecule has 70 valence electrons. The maximum absolute atomic E-state index is 10.4. The second-order valence-electron chi connectivity index (χ2n) is 2.95. The van der Waals surface area contributed by atoms with Crippen molar-refractivity contribution in [3.63, 3.8) is 0 Å². The molecule has 0 amide bonds. The predicted octanol–water partition coefficient (Wildman–Crippen LogP) is 2.54. The summed E-state index contributed by atoms with van der Waals surface area (Å²) in [7, 11) is 0. The number of rotatable bonds is 2. The zero-order valence-corrected chi connectivity index (χ0v) is 6.88. The zero-order valence-electron chi connectivity index (χ0n) is 6.88. The van der Waals surface area contributed by atoms with Crippen LogP contribution in [-0.4, -0.2) is 12.6 Å². The van der Waals surface area contributed by atoms with Crippen molar-refractivity contribution in [3.05, 3.63) is 12.2 Å². The summed E-state index contributed by atoms with van der Waals surface area (Å²) in [5, 5.41) is 0. The van der Waals surface area contributed by atoms with E-state index in [1.165, 1.54) is 6.92 Å². The first kappa shape index (κ1) is 11.2. The van der Waals surface area contributed by atoms with Gasteiger partial charge in [0.2, 0.25) is 0 Å². The third-order valence-electron chi connectivity index (χ3n) is 1.90. The van der Waals surface area contributed by atoms with E-state index in [4.69, 9.17) is 4.74 Å². The van der Waals surface area contributed by atoms with E-state index in [0.717, 1.165) is 19.3 Å². The van der Waals surface area contributed by atoms with Crippen LogP contribution in [0.25, 0.3) is 0 Å². The van der Waals surface area contributed by atoms with Gasteiger partial charge in [-0.25, -0.2) is 0 Å². The normalized spacial score (nSPS) is 21.2. The molecule has 0 aliphatic heterocycles. The lowest BCUT2D eigenvalue weighted by Gasteiger charge is -2.16. The molecule has 2 heteroatoms. The molecule has 0 aromatic carbocycles. The maximum atomic E-state index is 10.4. The Bertz CT molecular complexity index is 161. The summed E-state index contributed by atoms with van der Waals surface area (Å²) >= 11 is 0. The molecular weight excluding hydrogens is 152 g/mol. The number of ether oxygens (including phenoxy) is 1. The smallest absolute Gasteiger partial charge is 0.302 e. The van der Waals surface area contributed by atoms with Crippen molar-refractivity contribution >= 4 is 5.97 Å². The molecule has 0 heterocycles. The number of carbonyl (C=O) groups excluding carboxylic acids is 1. The molecule has 0 aromatic heterocycles. The van der Waals surface area contributed by atoms with Crippen molar-refractivity contribution in [2.45, 2.75) is 33.6 Å². The minimum atomic E-state index is -0.167. The molecule has 1 aliphatic carbocycles. The SMILES string of the molecule is C.CC(=O)OCC1CC=CCC1. The summed E-state index contributed by atoms with van der Waals surface area (Å²) in [5.74, 6) is 0.392. The molecule has 1 atom stereocenters. The first-order chi connectivity index (χ1) is 5.29. The average molecular weight is 170 g/mol. The standard InChI is InChI=1S/C9H14O2.CH4/c1-8(10)11-7-9-5-3-2-4-6-9;/h2-3,9H,4-7H2,1H3;1H4. The third kappa shape index (κ3) is 4.16. The van der Waals surface area contributed by atoms with Gasteiger partial charge < -0.3 is 4.74 Å². The summed E-state index contributed by atoms with van der Waals surface area (Å²) in [6, 6.07) is 0. The van der Waals surface area contributed by atoms with Gasteiger partial charge in [0.25, 0.3) is 0 Å². The van der Waals surface area contributed by atoms with Crippen LogP contribution in [0.5, 0.6) is 0 Å². The van der Waals surface area contributed by atoms with Crippen molar-refractivity contribution < 1.29 is 9.53 Å². The lowest BCUT2D eigenvalue weighted by Crippen LogP contribution is -2.13. The molecule has 0 spiro atoms. The molecule has 0 radical (unpaired) electrons. The van der Waals surface area contributed by atoms with Crippen molar-refractivity contribution in [2.24, 2.45) is 5.92 Å². The van der Waals surface area contributed by atoms with E-state index in [0.29, 0.717) is 12.5 Å². The van der Waals surface area contributed by atoms with Crippen molar-refractivity contribution in [1.29, 1.82) is 0 Å². The fourth-order valence-electron chi connectivity index (χ4n) is 1.24. The van der Waals surface area contributed by atoms with Crippen molar-refractivity contribution in [2.75, 3.05) is 6.61 Å². The molecule has 0 fully saturated rings. The van der Waals surface area contributed by atoms with Crippen LogP contribution >= 0.6 is 0 Å². The second kappa shape index (κ2) is 5.81. The largest absolute Gasteiger partial charge is 0.466 e. The fraction of sp³-hybridized carbons (Fsp3) is 0.700. The van der Waals surface area contributed by atoms with Crippen LogP contribution in [-0.2, 0) is 9.53 Å². The summed E-state index contributed by atoms with van der Waals surface area (Å²) < 4.78 is 4.91. The Labute approximate surface area is 74.6 Å². The van der Waals surface area contributed by atoms with E-state index in [1.54, 1.807) is 0 Å². The van der Waals surface area contributed by atoms with Crippen molar-refractivity contribution in [1.82, 2.24) is 0 Å². The topological polar surface area (TPSA) is 26.3 Å². The van der Waals surface area contributed by atoms with E-state index in [9.17, 15) is 4.79 Å². The molecule has 0 bridgehead atoms. The Balaban J connectivity index is 0.00000121. The molecule has 0 saturated carbocycles. The number of esters is 1. The highest BCUT2D eigenvalue weighted by molar-refractivity contribution is 5.65. The Morgan fingerprint density at radius 1 is 1.58 bits per heavy atom. The van der Waals surface area contributed by atoms with E-state index in [-0.39, 0.29) is 13.4 Å². The van der Waals surface area contributed by atoms with Gasteiger partial charge in [-0.3, -0.25) is 4.79 Å². The van der Waals surface area contributed by atoms with Gasteiger partial charge in [-0.2, -0.15) is 0 Å². The van der Waals surface area contributed by atoms with Gasteiger partial charge >= 0.3 is 5.97 Å². The quantitative estimate of drug-likeness (QED) is 0.470. The Morgan fingerprint density at radius 3 is 2.83 bits per heavy atom. The minimum absolute atomic E-state index is 0. The van der Waals surface area contributed by atoms with E-state index in [2.05, 4.69) is 12.2 Å². The van der Waals surface area contributed by atoms with E-state index in [1.807, 2.05) is 0 Å². The number of hydrogen-bond donors (Lipinski definition) is 0. The molecule has 0 saturated heterocycles. The Hall–Kier alpha value is -0.790. The van der Waals surface area contributed by atoms with Gasteiger partial charge in [0, 0.05) is 6.92 Å². The lowest BCUT2D eigenvalue weighted by molar-refractivity contribution is -0.142. The summed E-state index contributed by atoms with van der Waals surface area (Å²) in [6.45, 7) is 2.05. The van der Waals surface area contributed by atoms with Crippen LogP contribution in [0.4, 0.5) is 0 Å². The monoisotopic (exact) mass is 170 g/mol. The first-order valence-electron chi connectivity index (χ1n) is 4.07.